The van der Waals surface area contributed by atoms with Crippen LogP contribution in [-0.4, -0.2) is 67.1 Å². The van der Waals surface area contributed by atoms with Gasteiger partial charge in [-0.15, -0.1) is 0 Å². The maximum absolute atomic E-state index is 12.9. The van der Waals surface area contributed by atoms with Gasteiger partial charge in [-0.3, -0.25) is 0 Å². The lowest BCUT2D eigenvalue weighted by molar-refractivity contribution is 0.346. The van der Waals surface area contributed by atoms with Crippen molar-refractivity contribution in [2.75, 3.05) is 42.7 Å². The molecule has 5 rings (SSSR count). The van der Waals surface area contributed by atoms with Crippen molar-refractivity contribution in [1.29, 1.82) is 0 Å². The second kappa shape index (κ2) is 12.3. The van der Waals surface area contributed by atoms with Gasteiger partial charge >= 0.3 is 0 Å². The monoisotopic (exact) mass is 571 g/mol. The van der Waals surface area contributed by atoms with Gasteiger partial charge in [-0.05, 0) is 101 Å². The van der Waals surface area contributed by atoms with E-state index < -0.39 is 10.0 Å². The molecule has 1 saturated heterocycles. The Hall–Kier alpha value is -2.50. The summed E-state index contributed by atoms with van der Waals surface area (Å²) >= 11 is 5.57. The molecule has 0 unspecified atom stereocenters. The fraction of sp³-hybridized carbons (Fsp3) is 0.607. The molecule has 0 amide bonds. The number of aromatic nitrogens is 2. The first kappa shape index (κ1) is 28.0. The smallest absolute Gasteiger partial charge is 0.243 e. The highest BCUT2D eigenvalue weighted by Gasteiger charge is 2.26. The summed E-state index contributed by atoms with van der Waals surface area (Å²) < 4.78 is 27.4. The summed E-state index contributed by atoms with van der Waals surface area (Å²) in [6.45, 7) is 1.21. The van der Waals surface area contributed by atoms with Crippen LogP contribution in [0.2, 0.25) is 0 Å². The quantitative estimate of drug-likeness (QED) is 0.420. The van der Waals surface area contributed by atoms with Crippen molar-refractivity contribution in [2.45, 2.75) is 87.6 Å². The summed E-state index contributed by atoms with van der Waals surface area (Å²) in [5.74, 6) is 1.80. The first-order valence-corrected chi connectivity index (χ1v) is 16.2. The Kier molecular flexibility index (Phi) is 8.88. The molecule has 1 aromatic carbocycles. The van der Waals surface area contributed by atoms with Crippen molar-refractivity contribution in [3.05, 3.63) is 35.5 Å². The van der Waals surface area contributed by atoms with E-state index in [0.717, 1.165) is 75.2 Å². The van der Waals surface area contributed by atoms with E-state index in [0.29, 0.717) is 35.2 Å². The van der Waals surface area contributed by atoms with Gasteiger partial charge in [0.15, 0.2) is 5.11 Å². The summed E-state index contributed by atoms with van der Waals surface area (Å²) in [5.41, 5.74) is 3.29. The predicted octanol–water partition coefficient (Wildman–Crippen LogP) is 4.31. The molecule has 3 N–H and O–H groups in total. The van der Waals surface area contributed by atoms with Crippen molar-refractivity contribution in [3.63, 3.8) is 0 Å². The zero-order valence-corrected chi connectivity index (χ0v) is 24.7. The number of sulfonamides is 1. The molecule has 1 aromatic heterocycles. The van der Waals surface area contributed by atoms with Crippen LogP contribution in [0, 0.1) is 0 Å². The molecule has 9 nitrogen and oxygen atoms in total. The Morgan fingerprint density at radius 3 is 2.28 bits per heavy atom. The molecule has 2 aromatic rings. The van der Waals surface area contributed by atoms with Crippen LogP contribution in [-0.2, 0) is 22.9 Å². The van der Waals surface area contributed by atoms with Gasteiger partial charge in [0.05, 0.1) is 10.6 Å². The maximum Gasteiger partial charge on any atom is 0.243 e. The predicted molar refractivity (Wildman–Crippen MR) is 161 cm³/mol. The van der Waals surface area contributed by atoms with Gasteiger partial charge in [0.1, 0.15) is 5.82 Å². The fourth-order valence-electron chi connectivity index (χ4n) is 5.89. The average molecular weight is 572 g/mol. The third kappa shape index (κ3) is 6.81. The van der Waals surface area contributed by atoms with Crippen LogP contribution in [0.25, 0.3) is 0 Å². The highest BCUT2D eigenvalue weighted by molar-refractivity contribution is 7.89. The first-order chi connectivity index (χ1) is 18.8. The number of rotatable bonds is 7. The van der Waals surface area contributed by atoms with Crippen LogP contribution in [0.5, 0.6) is 0 Å². The Bertz CT molecular complexity index is 1250. The van der Waals surface area contributed by atoms with Gasteiger partial charge in [-0.2, -0.15) is 9.29 Å². The topological polar surface area (TPSA) is 102 Å². The second-order valence-corrected chi connectivity index (χ2v) is 13.5. The van der Waals surface area contributed by atoms with Gasteiger partial charge < -0.3 is 20.9 Å². The minimum absolute atomic E-state index is 0.295. The van der Waals surface area contributed by atoms with Crippen molar-refractivity contribution in [3.8, 4) is 0 Å². The highest BCUT2D eigenvalue weighted by atomic mass is 32.2. The molecule has 0 radical (unpaired) electrons. The van der Waals surface area contributed by atoms with Gasteiger partial charge in [-0.25, -0.2) is 13.4 Å². The minimum atomic E-state index is -3.43. The third-order valence-corrected chi connectivity index (χ3v) is 10.2. The Morgan fingerprint density at radius 2 is 1.59 bits per heavy atom. The maximum atomic E-state index is 12.9. The summed E-state index contributed by atoms with van der Waals surface area (Å²) in [6, 6.07) is 7.53. The van der Waals surface area contributed by atoms with Gasteiger partial charge in [0.2, 0.25) is 16.0 Å². The van der Waals surface area contributed by atoms with Crippen LogP contribution in [0.3, 0.4) is 0 Å². The Labute approximate surface area is 238 Å². The van der Waals surface area contributed by atoms with E-state index in [1.807, 2.05) is 0 Å². The molecule has 212 valence electrons. The molecular weight excluding hydrogens is 530 g/mol. The average Bonchev–Trinajstić information content (AvgIpc) is 2.94. The standard InChI is InChI=1S/C28H41N7O2S2/c1-34(2)26-24-8-4-5-9-25(24)32-27(33-26)29-20-10-12-21(13-11-20)30-28(38)31-22-14-16-23(17-15-22)39(36,37)35-18-6-3-7-19-35/h14-17,20-21H,3-13,18-19H2,1-2H3,(H,29,32,33)(H2,30,31,38). The van der Waals surface area contributed by atoms with E-state index in [1.54, 1.807) is 28.6 Å². The summed E-state index contributed by atoms with van der Waals surface area (Å²) in [7, 11) is 0.683. The van der Waals surface area contributed by atoms with Gasteiger partial charge in [0.25, 0.3) is 0 Å². The van der Waals surface area contributed by atoms with Gasteiger partial charge in [-0.1, -0.05) is 6.42 Å². The van der Waals surface area contributed by atoms with Crippen LogP contribution in [0.15, 0.2) is 29.2 Å². The van der Waals surface area contributed by atoms with E-state index in [4.69, 9.17) is 22.2 Å². The van der Waals surface area contributed by atoms with E-state index in [1.165, 1.54) is 24.1 Å². The number of anilines is 3. The molecule has 0 atom stereocenters. The number of benzene rings is 1. The second-order valence-electron chi connectivity index (χ2n) is 11.2. The van der Waals surface area contributed by atoms with Crippen molar-refractivity contribution in [1.82, 2.24) is 19.6 Å². The van der Waals surface area contributed by atoms with Crippen LogP contribution in [0.1, 0.15) is 69.0 Å². The normalized spacial score (nSPS) is 22.0. The molecule has 3 aliphatic rings. The molecule has 0 bridgehead atoms. The van der Waals surface area contributed by atoms with Crippen molar-refractivity contribution >= 4 is 44.8 Å². The van der Waals surface area contributed by atoms with Crippen molar-refractivity contribution in [2.24, 2.45) is 0 Å². The fourth-order valence-corrected chi connectivity index (χ4v) is 7.69. The lowest BCUT2D eigenvalue weighted by atomic mass is 9.91. The van der Waals surface area contributed by atoms with E-state index >= 15 is 0 Å². The zero-order valence-electron chi connectivity index (χ0n) is 23.1. The van der Waals surface area contributed by atoms with E-state index in [2.05, 4.69) is 34.9 Å². The number of hydrogen-bond acceptors (Lipinski definition) is 7. The van der Waals surface area contributed by atoms with E-state index in [-0.39, 0.29) is 0 Å². The number of hydrogen-bond donors (Lipinski definition) is 3. The van der Waals surface area contributed by atoms with Crippen LogP contribution >= 0.6 is 12.2 Å². The van der Waals surface area contributed by atoms with Crippen LogP contribution in [0.4, 0.5) is 17.5 Å². The number of thiocarbonyl (C=S) groups is 1. The minimum Gasteiger partial charge on any atom is -0.362 e. The number of aryl methyl sites for hydroxylation is 1. The number of fused-ring (bicyclic) bond motifs is 1. The molecule has 2 aliphatic carbocycles. The van der Waals surface area contributed by atoms with Crippen LogP contribution < -0.4 is 20.9 Å². The van der Waals surface area contributed by atoms with Gasteiger partial charge in [0, 0.05) is 50.5 Å². The lowest BCUT2D eigenvalue weighted by Crippen LogP contribution is -2.42. The Balaban J connectivity index is 1.10. The van der Waals surface area contributed by atoms with Crippen molar-refractivity contribution < 1.29 is 8.42 Å². The number of piperidine rings is 1. The summed E-state index contributed by atoms with van der Waals surface area (Å²) in [5, 5.41) is 10.8. The molecule has 1 saturated carbocycles. The molecule has 11 heteroatoms. The number of nitrogens with zero attached hydrogens (tertiary/aromatic N) is 4. The molecule has 2 fully saturated rings. The Morgan fingerprint density at radius 1 is 0.923 bits per heavy atom. The summed E-state index contributed by atoms with van der Waals surface area (Å²) in [4.78, 5) is 12.2. The highest BCUT2D eigenvalue weighted by Crippen LogP contribution is 2.29. The molecular formula is C28H41N7O2S2. The number of nitrogens with one attached hydrogen (secondary N) is 3. The van der Waals surface area contributed by atoms with E-state index in [9.17, 15) is 8.42 Å². The molecule has 0 spiro atoms. The third-order valence-electron chi connectivity index (χ3n) is 8.05. The molecule has 39 heavy (non-hydrogen) atoms. The largest absolute Gasteiger partial charge is 0.362 e. The summed E-state index contributed by atoms with van der Waals surface area (Å²) in [6.07, 6.45) is 11.5. The SMILES string of the molecule is CN(C)c1nc(NC2CCC(NC(=S)Nc3ccc(S(=O)(=O)N4CCCCC4)cc3)CC2)nc2c1CCCC2. The lowest BCUT2D eigenvalue weighted by Gasteiger charge is -2.31. The molecule has 2 heterocycles. The first-order valence-electron chi connectivity index (χ1n) is 14.3. The molecule has 1 aliphatic heterocycles. The zero-order chi connectivity index (χ0) is 27.4.